The molecule has 3 heteroatoms. The molecule has 0 amide bonds. The molecule has 14 heavy (non-hydrogen) atoms. The minimum atomic E-state index is 0.776. The summed E-state index contributed by atoms with van der Waals surface area (Å²) >= 11 is 2.10. The van der Waals surface area contributed by atoms with Gasteiger partial charge in [-0.25, -0.2) is 0 Å². The molecule has 2 rings (SSSR count). The van der Waals surface area contributed by atoms with Crippen LogP contribution in [0.5, 0.6) is 0 Å². The van der Waals surface area contributed by atoms with Crippen LogP contribution in [0.25, 0.3) is 0 Å². The highest BCUT2D eigenvalue weighted by molar-refractivity contribution is 7.99. The molecule has 0 saturated carbocycles. The fourth-order valence-electron chi connectivity index (χ4n) is 2.20. The Bertz CT molecular complexity index is 153. The second-order valence-corrected chi connectivity index (χ2v) is 5.62. The minimum absolute atomic E-state index is 0.776. The third kappa shape index (κ3) is 3.44. The van der Waals surface area contributed by atoms with Crippen LogP contribution in [0.3, 0.4) is 0 Å². The average molecular weight is 215 g/mol. The van der Waals surface area contributed by atoms with Gasteiger partial charge in [0.2, 0.25) is 0 Å². The molecule has 0 aromatic heterocycles. The van der Waals surface area contributed by atoms with E-state index in [1.165, 1.54) is 43.9 Å². The Hall–Kier alpha value is 0.270. The number of hydrogen-bond donors (Lipinski definition) is 1. The van der Waals surface area contributed by atoms with Crippen LogP contribution < -0.4 is 5.32 Å². The van der Waals surface area contributed by atoms with E-state index in [2.05, 4.69) is 17.1 Å². The van der Waals surface area contributed by atoms with Crippen LogP contribution in [0.1, 0.15) is 19.3 Å². The van der Waals surface area contributed by atoms with Crippen molar-refractivity contribution in [2.24, 2.45) is 11.8 Å². The van der Waals surface area contributed by atoms with Crippen LogP contribution in [-0.4, -0.2) is 37.8 Å². The standard InChI is InChI=1S/C11H21NOS/c1-2-10(8-13-4-1)6-12-7-11-3-5-14-9-11/h10-12H,1-9H2. The van der Waals surface area contributed by atoms with Crippen molar-refractivity contribution in [1.82, 2.24) is 5.32 Å². The van der Waals surface area contributed by atoms with Gasteiger partial charge in [-0.3, -0.25) is 0 Å². The summed E-state index contributed by atoms with van der Waals surface area (Å²) in [5.41, 5.74) is 0. The molecule has 2 fully saturated rings. The summed E-state index contributed by atoms with van der Waals surface area (Å²) in [4.78, 5) is 0. The normalized spacial score (nSPS) is 33.4. The third-order valence-corrected chi connectivity index (χ3v) is 4.38. The van der Waals surface area contributed by atoms with Crippen LogP contribution >= 0.6 is 11.8 Å². The van der Waals surface area contributed by atoms with Crippen LogP contribution in [0.15, 0.2) is 0 Å². The Morgan fingerprint density at radius 1 is 1.21 bits per heavy atom. The summed E-state index contributed by atoms with van der Waals surface area (Å²) in [5.74, 6) is 4.45. The topological polar surface area (TPSA) is 21.3 Å². The summed E-state index contributed by atoms with van der Waals surface area (Å²) in [6.07, 6.45) is 4.02. The summed E-state index contributed by atoms with van der Waals surface area (Å²) in [6, 6.07) is 0. The highest BCUT2D eigenvalue weighted by atomic mass is 32.2. The molecule has 2 saturated heterocycles. The fourth-order valence-corrected chi connectivity index (χ4v) is 3.49. The third-order valence-electron chi connectivity index (χ3n) is 3.14. The molecule has 2 atom stereocenters. The molecule has 2 heterocycles. The Balaban J connectivity index is 1.52. The molecule has 2 unspecified atom stereocenters. The van der Waals surface area contributed by atoms with Crippen LogP contribution in [0, 0.1) is 11.8 Å². The second-order valence-electron chi connectivity index (χ2n) is 4.47. The molecule has 2 aliphatic rings. The van der Waals surface area contributed by atoms with Crippen LogP contribution in [0.2, 0.25) is 0 Å². The SMILES string of the molecule is C1COCC(CNCC2CCSC2)C1. The molecular weight excluding hydrogens is 194 g/mol. The molecule has 0 aliphatic carbocycles. The zero-order valence-electron chi connectivity index (χ0n) is 8.84. The minimum Gasteiger partial charge on any atom is -0.381 e. The zero-order chi connectivity index (χ0) is 9.64. The summed E-state index contributed by atoms with van der Waals surface area (Å²) in [6.45, 7) is 4.35. The molecule has 82 valence electrons. The van der Waals surface area contributed by atoms with Crippen molar-refractivity contribution in [1.29, 1.82) is 0 Å². The highest BCUT2D eigenvalue weighted by Gasteiger charge is 2.17. The van der Waals surface area contributed by atoms with E-state index in [1.54, 1.807) is 0 Å². The lowest BCUT2D eigenvalue weighted by Gasteiger charge is -2.23. The van der Waals surface area contributed by atoms with Gasteiger partial charge >= 0.3 is 0 Å². The molecule has 0 radical (unpaired) electrons. The van der Waals surface area contributed by atoms with Crippen molar-refractivity contribution in [2.75, 3.05) is 37.8 Å². The van der Waals surface area contributed by atoms with Crippen molar-refractivity contribution in [3.05, 3.63) is 0 Å². The van der Waals surface area contributed by atoms with Gasteiger partial charge < -0.3 is 10.1 Å². The van der Waals surface area contributed by atoms with Gasteiger partial charge in [-0.15, -0.1) is 0 Å². The summed E-state index contributed by atoms with van der Waals surface area (Å²) < 4.78 is 5.46. The van der Waals surface area contributed by atoms with Gasteiger partial charge in [0, 0.05) is 13.2 Å². The van der Waals surface area contributed by atoms with Crippen LogP contribution in [-0.2, 0) is 4.74 Å². The number of nitrogens with one attached hydrogen (secondary N) is 1. The Labute approximate surface area is 91.2 Å². The lowest BCUT2D eigenvalue weighted by molar-refractivity contribution is 0.0546. The van der Waals surface area contributed by atoms with E-state index in [0.29, 0.717) is 0 Å². The van der Waals surface area contributed by atoms with E-state index in [-0.39, 0.29) is 0 Å². The van der Waals surface area contributed by atoms with Crippen molar-refractivity contribution < 1.29 is 4.74 Å². The Morgan fingerprint density at radius 3 is 2.86 bits per heavy atom. The van der Waals surface area contributed by atoms with Gasteiger partial charge in [-0.2, -0.15) is 11.8 Å². The van der Waals surface area contributed by atoms with Gasteiger partial charge in [0.15, 0.2) is 0 Å². The number of thioether (sulfide) groups is 1. The number of hydrogen-bond acceptors (Lipinski definition) is 3. The molecule has 2 nitrogen and oxygen atoms in total. The smallest absolute Gasteiger partial charge is 0.0506 e. The summed E-state index contributed by atoms with van der Waals surface area (Å²) in [5, 5.41) is 3.60. The molecule has 0 aromatic rings. The first-order chi connectivity index (χ1) is 6.95. The molecule has 1 N–H and O–H groups in total. The Kier molecular flexibility index (Phi) is 4.61. The second kappa shape index (κ2) is 5.99. The van der Waals surface area contributed by atoms with Gasteiger partial charge in [-0.1, -0.05) is 0 Å². The first kappa shape index (κ1) is 10.8. The van der Waals surface area contributed by atoms with Crippen molar-refractivity contribution in [3.63, 3.8) is 0 Å². The van der Waals surface area contributed by atoms with E-state index >= 15 is 0 Å². The first-order valence-electron chi connectivity index (χ1n) is 5.81. The van der Waals surface area contributed by atoms with Crippen molar-refractivity contribution in [3.8, 4) is 0 Å². The Morgan fingerprint density at radius 2 is 2.14 bits per heavy atom. The zero-order valence-corrected chi connectivity index (χ0v) is 9.65. The van der Waals surface area contributed by atoms with Gasteiger partial charge in [0.05, 0.1) is 6.61 Å². The van der Waals surface area contributed by atoms with Gasteiger partial charge in [0.25, 0.3) is 0 Å². The maximum atomic E-state index is 5.46. The van der Waals surface area contributed by atoms with E-state index < -0.39 is 0 Å². The summed E-state index contributed by atoms with van der Waals surface area (Å²) in [7, 11) is 0. The lowest BCUT2D eigenvalue weighted by Crippen LogP contribution is -2.32. The highest BCUT2D eigenvalue weighted by Crippen LogP contribution is 2.22. The molecule has 0 spiro atoms. The molecule has 0 bridgehead atoms. The molecular formula is C11H21NOS. The largest absolute Gasteiger partial charge is 0.381 e. The lowest BCUT2D eigenvalue weighted by atomic mass is 10.0. The van der Waals surface area contributed by atoms with Crippen molar-refractivity contribution in [2.45, 2.75) is 19.3 Å². The van der Waals surface area contributed by atoms with Gasteiger partial charge in [-0.05, 0) is 49.1 Å². The first-order valence-corrected chi connectivity index (χ1v) is 6.97. The predicted octanol–water partition coefficient (Wildman–Crippen LogP) is 1.76. The fraction of sp³-hybridized carbons (Fsp3) is 1.00. The van der Waals surface area contributed by atoms with Crippen LogP contribution in [0.4, 0.5) is 0 Å². The van der Waals surface area contributed by atoms with E-state index in [0.717, 1.165) is 25.0 Å². The van der Waals surface area contributed by atoms with E-state index in [4.69, 9.17) is 4.74 Å². The number of ether oxygens (including phenoxy) is 1. The monoisotopic (exact) mass is 215 g/mol. The van der Waals surface area contributed by atoms with E-state index in [9.17, 15) is 0 Å². The quantitative estimate of drug-likeness (QED) is 0.772. The number of rotatable bonds is 4. The molecule has 2 aliphatic heterocycles. The van der Waals surface area contributed by atoms with Gasteiger partial charge in [0.1, 0.15) is 0 Å². The predicted molar refractivity (Wildman–Crippen MR) is 61.8 cm³/mol. The van der Waals surface area contributed by atoms with E-state index in [1.807, 2.05) is 0 Å². The van der Waals surface area contributed by atoms with Crippen molar-refractivity contribution >= 4 is 11.8 Å². The molecule has 0 aromatic carbocycles. The maximum Gasteiger partial charge on any atom is 0.0506 e. The average Bonchev–Trinajstić information content (AvgIpc) is 2.72. The maximum absolute atomic E-state index is 5.46.